The second-order valence-electron chi connectivity index (χ2n) is 8.77. The van der Waals surface area contributed by atoms with Gasteiger partial charge in [0.2, 0.25) is 0 Å². The summed E-state index contributed by atoms with van der Waals surface area (Å²) in [5.74, 6) is -0.868. The lowest BCUT2D eigenvalue weighted by Gasteiger charge is -2.29. The molecule has 1 saturated carbocycles. The van der Waals surface area contributed by atoms with Crippen LogP contribution in [0.1, 0.15) is 42.0 Å². The van der Waals surface area contributed by atoms with E-state index in [1.54, 1.807) is 42.5 Å². The van der Waals surface area contributed by atoms with Crippen LogP contribution in [0.3, 0.4) is 0 Å². The largest absolute Gasteiger partial charge is 0.268 e. The molecule has 176 valence electrons. The summed E-state index contributed by atoms with van der Waals surface area (Å²) in [6.45, 7) is 0. The summed E-state index contributed by atoms with van der Waals surface area (Å²) in [6.07, 6.45) is 7.89. The fraction of sp³-hybridized carbons (Fsp3) is 0.172. The summed E-state index contributed by atoms with van der Waals surface area (Å²) < 4.78 is 27.0. The highest BCUT2D eigenvalue weighted by molar-refractivity contribution is 6.30. The van der Waals surface area contributed by atoms with Crippen LogP contribution in [0.2, 0.25) is 5.02 Å². The van der Waals surface area contributed by atoms with Crippen LogP contribution in [-0.4, -0.2) is 16.6 Å². The third kappa shape index (κ3) is 5.10. The molecule has 2 atom stereocenters. The smallest absolute Gasteiger partial charge is 0.267 e. The predicted octanol–water partition coefficient (Wildman–Crippen LogP) is 7.45. The van der Waals surface area contributed by atoms with Crippen molar-refractivity contribution in [2.45, 2.75) is 25.3 Å². The van der Waals surface area contributed by atoms with Gasteiger partial charge in [0, 0.05) is 17.0 Å². The Kier molecular flexibility index (Phi) is 6.60. The first kappa shape index (κ1) is 23.2. The molecule has 1 aliphatic heterocycles. The van der Waals surface area contributed by atoms with E-state index in [9.17, 15) is 13.6 Å². The fourth-order valence-electron chi connectivity index (χ4n) is 4.75. The summed E-state index contributed by atoms with van der Waals surface area (Å²) in [5.41, 5.74) is 4.48. The maximum atomic E-state index is 13.7. The number of nitrogens with zero attached hydrogens (tertiary/aromatic N) is 2. The molecule has 35 heavy (non-hydrogen) atoms. The number of carbonyl (C=O) groups is 1. The number of hydrazone groups is 1. The van der Waals surface area contributed by atoms with Gasteiger partial charge in [0.05, 0.1) is 11.8 Å². The van der Waals surface area contributed by atoms with Gasteiger partial charge in [-0.15, -0.1) is 0 Å². The molecule has 0 N–H and O–H groups in total. The lowest BCUT2D eigenvalue weighted by atomic mass is 9.77. The molecule has 2 aliphatic rings. The van der Waals surface area contributed by atoms with Crippen molar-refractivity contribution in [2.24, 2.45) is 11.0 Å². The fourth-order valence-corrected chi connectivity index (χ4v) is 4.88. The standard InChI is InChI=1S/C29H23ClF2N2O/c30-23-11-4-19(5-12-23)8-17-27(35)34-29(21-9-15-25(32)16-10-21)26-3-1-2-22(28(26)33-34)18-20-6-13-24(31)14-7-20/h4-18,26,29H,1-3H2/b17-8+,22-18+/t26-,29+/m0/s1. The van der Waals surface area contributed by atoms with E-state index >= 15 is 0 Å². The third-order valence-corrected chi connectivity index (χ3v) is 6.69. The van der Waals surface area contributed by atoms with Crippen molar-refractivity contribution >= 4 is 35.4 Å². The number of benzene rings is 3. The topological polar surface area (TPSA) is 32.7 Å². The van der Waals surface area contributed by atoms with Crippen LogP contribution in [0, 0.1) is 17.6 Å². The maximum Gasteiger partial charge on any atom is 0.267 e. The molecule has 1 fully saturated rings. The van der Waals surface area contributed by atoms with Gasteiger partial charge in [0.1, 0.15) is 11.6 Å². The first-order chi connectivity index (χ1) is 17.0. The lowest BCUT2D eigenvalue weighted by molar-refractivity contribution is -0.128. The molecule has 1 aliphatic carbocycles. The van der Waals surface area contributed by atoms with Crippen molar-refractivity contribution in [1.82, 2.24) is 5.01 Å². The van der Waals surface area contributed by atoms with Gasteiger partial charge in [-0.25, -0.2) is 13.8 Å². The number of hydrogen-bond donors (Lipinski definition) is 0. The van der Waals surface area contributed by atoms with Crippen LogP contribution >= 0.6 is 11.6 Å². The quantitative estimate of drug-likeness (QED) is 0.351. The number of halogens is 3. The number of amides is 1. The monoisotopic (exact) mass is 488 g/mol. The minimum Gasteiger partial charge on any atom is -0.268 e. The second-order valence-corrected chi connectivity index (χ2v) is 9.21. The first-order valence-corrected chi connectivity index (χ1v) is 11.9. The van der Waals surface area contributed by atoms with Crippen molar-refractivity contribution in [1.29, 1.82) is 0 Å². The van der Waals surface area contributed by atoms with E-state index in [1.807, 2.05) is 18.2 Å². The van der Waals surface area contributed by atoms with Gasteiger partial charge in [0.15, 0.2) is 0 Å². The van der Waals surface area contributed by atoms with Gasteiger partial charge < -0.3 is 0 Å². The number of hydrogen-bond acceptors (Lipinski definition) is 2. The highest BCUT2D eigenvalue weighted by Gasteiger charge is 2.43. The molecule has 1 amide bonds. The van der Waals surface area contributed by atoms with Gasteiger partial charge in [-0.05, 0) is 90.1 Å². The van der Waals surface area contributed by atoms with Gasteiger partial charge in [-0.2, -0.15) is 5.10 Å². The number of rotatable bonds is 4. The zero-order valence-corrected chi connectivity index (χ0v) is 19.6. The molecule has 3 aromatic carbocycles. The van der Waals surface area contributed by atoms with Gasteiger partial charge >= 0.3 is 0 Å². The van der Waals surface area contributed by atoms with E-state index in [4.69, 9.17) is 16.7 Å². The Morgan fingerprint density at radius 2 is 1.54 bits per heavy atom. The molecule has 6 heteroatoms. The lowest BCUT2D eigenvalue weighted by Crippen LogP contribution is -2.31. The first-order valence-electron chi connectivity index (χ1n) is 11.6. The molecular weight excluding hydrogens is 466 g/mol. The second kappa shape index (κ2) is 9.96. The molecule has 0 aromatic heterocycles. The van der Waals surface area contributed by atoms with E-state index in [-0.39, 0.29) is 29.5 Å². The highest BCUT2D eigenvalue weighted by Crippen LogP contribution is 2.44. The molecule has 3 aromatic rings. The summed E-state index contributed by atoms with van der Waals surface area (Å²) in [7, 11) is 0. The Labute approximate surface area is 208 Å². The number of carbonyl (C=O) groups excluding carboxylic acids is 1. The molecule has 0 bridgehead atoms. The van der Waals surface area contributed by atoms with Crippen molar-refractivity contribution in [2.75, 3.05) is 0 Å². The van der Waals surface area contributed by atoms with E-state index < -0.39 is 0 Å². The average Bonchev–Trinajstić information content (AvgIpc) is 3.26. The molecule has 0 spiro atoms. The normalized spacial score (nSPS) is 20.8. The molecule has 0 unspecified atom stereocenters. The average molecular weight is 489 g/mol. The molecule has 5 rings (SSSR count). The van der Waals surface area contributed by atoms with Crippen molar-refractivity contribution in [3.8, 4) is 0 Å². The van der Waals surface area contributed by atoms with Crippen molar-refractivity contribution in [3.63, 3.8) is 0 Å². The number of fused-ring (bicyclic) bond motifs is 1. The predicted molar refractivity (Wildman–Crippen MR) is 136 cm³/mol. The van der Waals surface area contributed by atoms with Crippen LogP contribution in [-0.2, 0) is 4.79 Å². The van der Waals surface area contributed by atoms with Crippen LogP contribution < -0.4 is 0 Å². The van der Waals surface area contributed by atoms with Crippen LogP contribution in [0.25, 0.3) is 12.2 Å². The molecule has 1 heterocycles. The van der Waals surface area contributed by atoms with Crippen LogP contribution in [0.15, 0.2) is 89.5 Å². The summed E-state index contributed by atoms with van der Waals surface area (Å²) in [4.78, 5) is 13.4. The molecular formula is C29H23ClF2N2O. The SMILES string of the molecule is O=C(/C=C/c1ccc(Cl)cc1)N1N=C2/C(=C/c3ccc(F)cc3)CCC[C@@H]2[C@H]1c1ccc(F)cc1. The summed E-state index contributed by atoms with van der Waals surface area (Å²) in [5, 5.41) is 6.95. The van der Waals surface area contributed by atoms with Gasteiger partial charge in [0.25, 0.3) is 5.91 Å². The molecule has 3 nitrogen and oxygen atoms in total. The van der Waals surface area contributed by atoms with Crippen molar-refractivity contribution in [3.05, 3.63) is 118 Å². The van der Waals surface area contributed by atoms with Gasteiger partial charge in [-0.3, -0.25) is 4.79 Å². The van der Waals surface area contributed by atoms with Gasteiger partial charge in [-0.1, -0.05) is 48.0 Å². The summed E-state index contributed by atoms with van der Waals surface area (Å²) in [6, 6.07) is 19.5. The van der Waals surface area contributed by atoms with Crippen LogP contribution in [0.4, 0.5) is 8.78 Å². The van der Waals surface area contributed by atoms with Crippen molar-refractivity contribution < 1.29 is 13.6 Å². The zero-order valence-electron chi connectivity index (χ0n) is 18.9. The third-order valence-electron chi connectivity index (χ3n) is 6.44. The Balaban J connectivity index is 1.50. The molecule has 0 radical (unpaired) electrons. The maximum absolute atomic E-state index is 13.7. The van der Waals surface area contributed by atoms with Crippen LogP contribution in [0.5, 0.6) is 0 Å². The number of allylic oxidation sites excluding steroid dienone is 1. The Bertz CT molecular complexity index is 1310. The molecule has 0 saturated heterocycles. The van der Waals surface area contributed by atoms with E-state index in [1.165, 1.54) is 35.4 Å². The Morgan fingerprint density at radius 3 is 2.23 bits per heavy atom. The minimum absolute atomic E-state index is 0.00575. The Hall–Kier alpha value is -3.57. The van der Waals surface area contributed by atoms with E-state index in [0.717, 1.165) is 47.2 Å². The van der Waals surface area contributed by atoms with E-state index in [0.29, 0.717) is 5.02 Å². The Morgan fingerprint density at radius 1 is 0.914 bits per heavy atom. The highest BCUT2D eigenvalue weighted by atomic mass is 35.5. The minimum atomic E-state index is -0.329. The zero-order chi connectivity index (χ0) is 24.4. The van der Waals surface area contributed by atoms with E-state index in [2.05, 4.69) is 0 Å². The summed E-state index contributed by atoms with van der Waals surface area (Å²) >= 11 is 5.96.